The first-order chi connectivity index (χ1) is 9.58. The normalized spacial score (nSPS) is 14.1. The summed E-state index contributed by atoms with van der Waals surface area (Å²) in [5.41, 5.74) is 0.859. The van der Waals surface area contributed by atoms with E-state index in [4.69, 9.17) is 0 Å². The van der Waals surface area contributed by atoms with E-state index in [0.717, 1.165) is 18.4 Å². The highest BCUT2D eigenvalue weighted by atomic mass is 79.9. The van der Waals surface area contributed by atoms with E-state index >= 15 is 0 Å². The van der Waals surface area contributed by atoms with Crippen molar-refractivity contribution < 1.29 is 9.72 Å². The number of rotatable bonds is 7. The van der Waals surface area contributed by atoms with Crippen molar-refractivity contribution >= 4 is 27.5 Å². The Hall–Kier alpha value is -1.47. The SMILES string of the molecule is O=C(CCNCc1cccc([N+](=O)[O-])c1Br)NC1CC1. The van der Waals surface area contributed by atoms with E-state index in [2.05, 4.69) is 26.6 Å². The maximum Gasteiger partial charge on any atom is 0.283 e. The summed E-state index contributed by atoms with van der Waals surface area (Å²) in [5.74, 6) is 0.0538. The van der Waals surface area contributed by atoms with Gasteiger partial charge < -0.3 is 10.6 Å². The summed E-state index contributed by atoms with van der Waals surface area (Å²) in [5, 5.41) is 16.8. The second-order valence-corrected chi connectivity index (χ2v) is 5.57. The number of nitrogens with one attached hydrogen (secondary N) is 2. The summed E-state index contributed by atoms with van der Waals surface area (Å²) in [4.78, 5) is 21.8. The number of benzene rings is 1. The van der Waals surface area contributed by atoms with Crippen LogP contribution in [-0.4, -0.2) is 23.4 Å². The van der Waals surface area contributed by atoms with Gasteiger partial charge in [0, 0.05) is 31.6 Å². The number of carbonyl (C=O) groups is 1. The Morgan fingerprint density at radius 3 is 2.85 bits per heavy atom. The third kappa shape index (κ3) is 4.28. The minimum atomic E-state index is -0.420. The molecule has 2 rings (SSSR count). The molecular formula is C13H16BrN3O3. The van der Waals surface area contributed by atoms with Gasteiger partial charge in [0.15, 0.2) is 0 Å². The van der Waals surface area contributed by atoms with Crippen LogP contribution in [0.2, 0.25) is 0 Å². The largest absolute Gasteiger partial charge is 0.353 e. The molecule has 0 heterocycles. The molecule has 1 aliphatic carbocycles. The first-order valence-electron chi connectivity index (χ1n) is 6.50. The van der Waals surface area contributed by atoms with E-state index in [-0.39, 0.29) is 11.6 Å². The average Bonchev–Trinajstić information content (AvgIpc) is 3.19. The van der Waals surface area contributed by atoms with Crippen LogP contribution in [0, 0.1) is 10.1 Å². The summed E-state index contributed by atoms with van der Waals surface area (Å²) >= 11 is 3.24. The molecule has 0 atom stereocenters. The predicted molar refractivity (Wildman–Crippen MR) is 78.3 cm³/mol. The molecule has 0 aromatic heterocycles. The van der Waals surface area contributed by atoms with Crippen LogP contribution in [0.3, 0.4) is 0 Å². The molecule has 0 spiro atoms. The maximum absolute atomic E-state index is 11.5. The van der Waals surface area contributed by atoms with Crippen molar-refractivity contribution in [1.29, 1.82) is 0 Å². The minimum absolute atomic E-state index is 0.0516. The van der Waals surface area contributed by atoms with Gasteiger partial charge in [-0.15, -0.1) is 0 Å². The molecule has 1 amide bonds. The van der Waals surface area contributed by atoms with Gasteiger partial charge in [0.05, 0.1) is 9.40 Å². The summed E-state index contributed by atoms with van der Waals surface area (Å²) in [7, 11) is 0. The van der Waals surface area contributed by atoms with E-state index in [1.165, 1.54) is 6.07 Å². The first kappa shape index (κ1) is 14.9. The van der Waals surface area contributed by atoms with Gasteiger partial charge in [-0.05, 0) is 34.3 Å². The first-order valence-corrected chi connectivity index (χ1v) is 7.29. The Balaban J connectivity index is 1.77. The minimum Gasteiger partial charge on any atom is -0.353 e. The zero-order valence-electron chi connectivity index (χ0n) is 10.9. The third-order valence-electron chi connectivity index (χ3n) is 3.04. The second-order valence-electron chi connectivity index (χ2n) is 4.78. The highest BCUT2D eigenvalue weighted by molar-refractivity contribution is 9.10. The van der Waals surface area contributed by atoms with Crippen LogP contribution in [-0.2, 0) is 11.3 Å². The molecule has 108 valence electrons. The number of hydrogen-bond acceptors (Lipinski definition) is 4. The van der Waals surface area contributed by atoms with Gasteiger partial charge in [-0.2, -0.15) is 0 Å². The van der Waals surface area contributed by atoms with Crippen molar-refractivity contribution in [3.63, 3.8) is 0 Å². The number of amides is 1. The van der Waals surface area contributed by atoms with Crippen molar-refractivity contribution in [2.24, 2.45) is 0 Å². The van der Waals surface area contributed by atoms with E-state index in [1.807, 2.05) is 6.07 Å². The molecule has 0 radical (unpaired) electrons. The maximum atomic E-state index is 11.5. The zero-order valence-corrected chi connectivity index (χ0v) is 12.5. The topological polar surface area (TPSA) is 84.3 Å². The predicted octanol–water partition coefficient (Wildman–Crippen LogP) is 2.12. The fourth-order valence-corrected chi connectivity index (χ4v) is 2.35. The Morgan fingerprint density at radius 1 is 1.45 bits per heavy atom. The summed E-state index contributed by atoms with van der Waals surface area (Å²) in [6, 6.07) is 5.30. The lowest BCUT2D eigenvalue weighted by molar-refractivity contribution is -0.385. The molecule has 0 aliphatic heterocycles. The molecule has 0 bridgehead atoms. The van der Waals surface area contributed by atoms with Gasteiger partial charge in [0.25, 0.3) is 5.69 Å². The summed E-state index contributed by atoms with van der Waals surface area (Å²) in [6.07, 6.45) is 2.59. The van der Waals surface area contributed by atoms with E-state index < -0.39 is 4.92 Å². The Morgan fingerprint density at radius 2 is 2.20 bits per heavy atom. The summed E-state index contributed by atoms with van der Waals surface area (Å²) < 4.78 is 0.486. The van der Waals surface area contributed by atoms with Crippen molar-refractivity contribution in [2.45, 2.75) is 31.8 Å². The highest BCUT2D eigenvalue weighted by Crippen LogP contribution is 2.28. The average molecular weight is 342 g/mol. The molecule has 0 unspecified atom stereocenters. The molecule has 6 nitrogen and oxygen atoms in total. The van der Waals surface area contributed by atoms with Crippen LogP contribution < -0.4 is 10.6 Å². The van der Waals surface area contributed by atoms with Crippen LogP contribution in [0.4, 0.5) is 5.69 Å². The second kappa shape index (κ2) is 6.81. The highest BCUT2D eigenvalue weighted by Gasteiger charge is 2.22. The van der Waals surface area contributed by atoms with Gasteiger partial charge in [0.2, 0.25) is 5.91 Å². The van der Waals surface area contributed by atoms with Crippen LogP contribution in [0.5, 0.6) is 0 Å². The van der Waals surface area contributed by atoms with Crippen molar-refractivity contribution in [3.8, 4) is 0 Å². The zero-order chi connectivity index (χ0) is 14.5. The fraction of sp³-hybridized carbons (Fsp3) is 0.462. The Labute approximate surface area is 125 Å². The molecule has 2 N–H and O–H groups in total. The number of hydrogen-bond donors (Lipinski definition) is 2. The van der Waals surface area contributed by atoms with Gasteiger partial charge >= 0.3 is 0 Å². The van der Waals surface area contributed by atoms with Crippen molar-refractivity contribution in [1.82, 2.24) is 10.6 Å². The van der Waals surface area contributed by atoms with Crippen LogP contribution in [0.25, 0.3) is 0 Å². The summed E-state index contributed by atoms with van der Waals surface area (Å²) in [6.45, 7) is 1.03. The number of nitro groups is 1. The molecule has 1 aliphatic rings. The molecule has 20 heavy (non-hydrogen) atoms. The standard InChI is InChI=1S/C13H16BrN3O3/c14-13-9(2-1-3-11(13)17(19)20)8-15-7-6-12(18)16-10-4-5-10/h1-3,10,15H,4-8H2,(H,16,18). The number of nitrogens with zero attached hydrogens (tertiary/aromatic N) is 1. The molecule has 0 saturated heterocycles. The van der Waals surface area contributed by atoms with Crippen LogP contribution >= 0.6 is 15.9 Å². The van der Waals surface area contributed by atoms with Crippen LogP contribution in [0.15, 0.2) is 22.7 Å². The molecular weight excluding hydrogens is 326 g/mol. The smallest absolute Gasteiger partial charge is 0.283 e. The molecule has 1 fully saturated rings. The molecule has 1 saturated carbocycles. The van der Waals surface area contributed by atoms with E-state index in [0.29, 0.717) is 30.0 Å². The van der Waals surface area contributed by atoms with Gasteiger partial charge in [-0.1, -0.05) is 12.1 Å². The van der Waals surface area contributed by atoms with Crippen molar-refractivity contribution in [3.05, 3.63) is 38.3 Å². The van der Waals surface area contributed by atoms with Gasteiger partial charge in [0.1, 0.15) is 0 Å². The molecule has 1 aromatic rings. The van der Waals surface area contributed by atoms with E-state index in [1.54, 1.807) is 6.07 Å². The lowest BCUT2D eigenvalue weighted by Gasteiger charge is -2.07. The van der Waals surface area contributed by atoms with Gasteiger partial charge in [-0.25, -0.2) is 0 Å². The quantitative estimate of drug-likeness (QED) is 0.452. The lowest BCUT2D eigenvalue weighted by Crippen LogP contribution is -2.29. The van der Waals surface area contributed by atoms with Crippen LogP contribution in [0.1, 0.15) is 24.8 Å². The molecule has 1 aromatic carbocycles. The fourth-order valence-electron chi connectivity index (χ4n) is 1.80. The number of nitro benzene ring substituents is 1. The Kier molecular flexibility index (Phi) is 5.08. The monoisotopic (exact) mass is 341 g/mol. The lowest BCUT2D eigenvalue weighted by atomic mass is 10.2. The van der Waals surface area contributed by atoms with E-state index in [9.17, 15) is 14.9 Å². The van der Waals surface area contributed by atoms with Gasteiger partial charge in [-0.3, -0.25) is 14.9 Å². The Bertz CT molecular complexity index is 518. The number of halogens is 1. The third-order valence-corrected chi connectivity index (χ3v) is 3.96. The van der Waals surface area contributed by atoms with Crippen molar-refractivity contribution in [2.75, 3.05) is 6.54 Å². The number of carbonyl (C=O) groups excluding carboxylic acids is 1. The molecule has 7 heteroatoms.